The Bertz CT molecular complexity index is 1030. The highest BCUT2D eigenvalue weighted by atomic mass is 79.9. The van der Waals surface area contributed by atoms with E-state index in [1.807, 2.05) is 41.3 Å². The number of aryl methyl sites for hydroxylation is 1. The van der Waals surface area contributed by atoms with Crippen molar-refractivity contribution in [3.63, 3.8) is 0 Å². The second-order valence-electron chi connectivity index (χ2n) is 7.85. The molecule has 1 fully saturated rings. The molecule has 0 saturated carbocycles. The minimum absolute atomic E-state index is 0.0600. The van der Waals surface area contributed by atoms with Gasteiger partial charge in [-0.1, -0.05) is 35.5 Å². The van der Waals surface area contributed by atoms with Crippen molar-refractivity contribution in [2.45, 2.75) is 19.3 Å². The van der Waals surface area contributed by atoms with Gasteiger partial charge in [0, 0.05) is 44.6 Å². The molecule has 2 heterocycles. The van der Waals surface area contributed by atoms with Crippen molar-refractivity contribution in [3.8, 4) is 5.75 Å². The maximum atomic E-state index is 12.8. The summed E-state index contributed by atoms with van der Waals surface area (Å²) in [6.07, 6.45) is 2.40. The highest BCUT2D eigenvalue weighted by Gasteiger charge is 2.22. The Morgan fingerprint density at radius 1 is 1.12 bits per heavy atom. The van der Waals surface area contributed by atoms with E-state index < -0.39 is 0 Å². The predicted octanol–water partition coefficient (Wildman–Crippen LogP) is 3.82. The Morgan fingerprint density at radius 3 is 2.62 bits per heavy atom. The van der Waals surface area contributed by atoms with Crippen LogP contribution in [0.15, 0.2) is 57.5 Å². The number of hydrogen-bond acceptors (Lipinski definition) is 6. The largest absolute Gasteiger partial charge is 0.496 e. The van der Waals surface area contributed by atoms with Crippen molar-refractivity contribution in [1.82, 2.24) is 19.9 Å². The Balaban J connectivity index is 1.19. The van der Waals surface area contributed by atoms with Crippen molar-refractivity contribution >= 4 is 21.8 Å². The summed E-state index contributed by atoms with van der Waals surface area (Å²) in [5.74, 6) is 2.20. The van der Waals surface area contributed by atoms with Gasteiger partial charge in [-0.25, -0.2) is 0 Å². The molecule has 32 heavy (non-hydrogen) atoms. The van der Waals surface area contributed by atoms with Crippen molar-refractivity contribution in [2.75, 3.05) is 39.8 Å². The summed E-state index contributed by atoms with van der Waals surface area (Å²) in [6.45, 7) is 4.14. The average molecular weight is 499 g/mol. The number of carbonyl (C=O) groups excluding carboxylic acids is 1. The number of rotatable bonds is 8. The first-order chi connectivity index (χ1) is 15.6. The maximum absolute atomic E-state index is 12.8. The fraction of sp³-hybridized carbons (Fsp3) is 0.375. The predicted molar refractivity (Wildman–Crippen MR) is 125 cm³/mol. The monoisotopic (exact) mass is 498 g/mol. The summed E-state index contributed by atoms with van der Waals surface area (Å²) in [5.41, 5.74) is 1.85. The zero-order valence-electron chi connectivity index (χ0n) is 18.2. The average Bonchev–Trinajstić information content (AvgIpc) is 3.26. The first kappa shape index (κ1) is 22.5. The molecule has 0 N–H and O–H groups in total. The molecule has 168 valence electrons. The number of ether oxygens (including phenoxy) is 1. The second kappa shape index (κ2) is 10.7. The molecular formula is C24H27BrN4O3. The van der Waals surface area contributed by atoms with Gasteiger partial charge in [0.25, 0.3) is 5.91 Å². The number of benzene rings is 2. The van der Waals surface area contributed by atoms with E-state index in [0.717, 1.165) is 61.6 Å². The summed E-state index contributed by atoms with van der Waals surface area (Å²) in [4.78, 5) is 21.6. The first-order valence-corrected chi connectivity index (χ1v) is 11.6. The number of methoxy groups -OCH3 is 1. The number of aromatic nitrogens is 2. The molecule has 0 aliphatic carbocycles. The summed E-state index contributed by atoms with van der Waals surface area (Å²) in [7, 11) is 1.61. The number of halogens is 1. The summed E-state index contributed by atoms with van der Waals surface area (Å²) in [6, 6.07) is 15.6. The molecule has 1 aromatic heterocycles. The molecular weight excluding hydrogens is 472 g/mol. The molecule has 7 nitrogen and oxygen atoms in total. The second-order valence-corrected chi connectivity index (χ2v) is 8.71. The SMILES string of the molecule is COc1ccc(C(=O)N2CCN(CCCc3nc(Cc4ccccc4)no3)CC2)cc1Br. The lowest BCUT2D eigenvalue weighted by Gasteiger charge is -2.34. The zero-order chi connectivity index (χ0) is 22.3. The Kier molecular flexibility index (Phi) is 7.55. The lowest BCUT2D eigenvalue weighted by atomic mass is 10.1. The Morgan fingerprint density at radius 2 is 1.91 bits per heavy atom. The third kappa shape index (κ3) is 5.75. The lowest BCUT2D eigenvalue weighted by molar-refractivity contribution is 0.0635. The normalized spacial score (nSPS) is 14.5. The number of carbonyl (C=O) groups is 1. The van der Waals surface area contributed by atoms with Crippen LogP contribution in [0.1, 0.15) is 34.1 Å². The van der Waals surface area contributed by atoms with E-state index in [1.165, 1.54) is 5.56 Å². The number of nitrogens with zero attached hydrogens (tertiary/aromatic N) is 4. The van der Waals surface area contributed by atoms with E-state index in [4.69, 9.17) is 9.26 Å². The van der Waals surface area contributed by atoms with Gasteiger partial charge < -0.3 is 14.2 Å². The van der Waals surface area contributed by atoms with Gasteiger partial charge in [0.05, 0.1) is 11.6 Å². The third-order valence-corrected chi connectivity index (χ3v) is 6.26. The smallest absolute Gasteiger partial charge is 0.253 e. The van der Waals surface area contributed by atoms with Crippen molar-refractivity contribution in [1.29, 1.82) is 0 Å². The highest BCUT2D eigenvalue weighted by molar-refractivity contribution is 9.10. The van der Waals surface area contributed by atoms with Gasteiger partial charge in [0.2, 0.25) is 5.89 Å². The Hall–Kier alpha value is -2.71. The number of piperazine rings is 1. The molecule has 1 aliphatic rings. The van der Waals surface area contributed by atoms with E-state index in [1.54, 1.807) is 7.11 Å². The van der Waals surface area contributed by atoms with Crippen molar-refractivity contribution < 1.29 is 14.1 Å². The maximum Gasteiger partial charge on any atom is 0.253 e. The lowest BCUT2D eigenvalue weighted by Crippen LogP contribution is -2.48. The first-order valence-electron chi connectivity index (χ1n) is 10.8. The minimum Gasteiger partial charge on any atom is -0.496 e. The van der Waals surface area contributed by atoms with Crippen LogP contribution in [-0.4, -0.2) is 65.7 Å². The Labute approximate surface area is 196 Å². The van der Waals surface area contributed by atoms with Crippen LogP contribution in [0, 0.1) is 0 Å². The van der Waals surface area contributed by atoms with Gasteiger partial charge in [0.15, 0.2) is 5.82 Å². The topological polar surface area (TPSA) is 71.7 Å². The van der Waals surface area contributed by atoms with Crippen LogP contribution in [0.5, 0.6) is 5.75 Å². The fourth-order valence-corrected chi connectivity index (χ4v) is 4.39. The van der Waals surface area contributed by atoms with Gasteiger partial charge in [-0.15, -0.1) is 0 Å². The van der Waals surface area contributed by atoms with Crippen LogP contribution in [0.3, 0.4) is 0 Å². The van der Waals surface area contributed by atoms with Gasteiger partial charge >= 0.3 is 0 Å². The standard InChI is InChI=1S/C24H27BrN4O3/c1-31-21-10-9-19(17-20(21)25)24(30)29-14-12-28(13-15-29)11-5-8-23-26-22(27-32-23)16-18-6-3-2-4-7-18/h2-4,6-7,9-10,17H,5,8,11-16H2,1H3. The molecule has 0 bridgehead atoms. The van der Waals surface area contributed by atoms with Crippen LogP contribution < -0.4 is 4.74 Å². The van der Waals surface area contributed by atoms with Crippen LogP contribution >= 0.6 is 15.9 Å². The van der Waals surface area contributed by atoms with Gasteiger partial charge in [-0.3, -0.25) is 9.69 Å². The molecule has 0 spiro atoms. The van der Waals surface area contributed by atoms with E-state index in [0.29, 0.717) is 17.9 Å². The molecule has 0 atom stereocenters. The zero-order valence-corrected chi connectivity index (χ0v) is 19.8. The summed E-state index contributed by atoms with van der Waals surface area (Å²) < 4.78 is 11.4. The van der Waals surface area contributed by atoms with E-state index >= 15 is 0 Å². The van der Waals surface area contributed by atoms with Crippen LogP contribution in [0.2, 0.25) is 0 Å². The molecule has 1 aliphatic heterocycles. The molecule has 8 heteroatoms. The van der Waals surface area contributed by atoms with Crippen LogP contribution in [0.25, 0.3) is 0 Å². The minimum atomic E-state index is 0.0600. The molecule has 1 amide bonds. The van der Waals surface area contributed by atoms with Gasteiger partial charge in [-0.05, 0) is 52.7 Å². The highest BCUT2D eigenvalue weighted by Crippen LogP contribution is 2.26. The van der Waals surface area contributed by atoms with E-state index in [2.05, 4.69) is 43.1 Å². The fourth-order valence-electron chi connectivity index (χ4n) is 3.85. The molecule has 0 radical (unpaired) electrons. The molecule has 1 saturated heterocycles. The molecule has 0 unspecified atom stereocenters. The summed E-state index contributed by atoms with van der Waals surface area (Å²) >= 11 is 3.45. The number of amides is 1. The van der Waals surface area contributed by atoms with Crippen LogP contribution in [-0.2, 0) is 12.8 Å². The van der Waals surface area contributed by atoms with Gasteiger partial charge in [0.1, 0.15) is 5.75 Å². The third-order valence-electron chi connectivity index (χ3n) is 5.64. The van der Waals surface area contributed by atoms with Crippen molar-refractivity contribution in [3.05, 3.63) is 75.8 Å². The quantitative estimate of drug-likeness (QED) is 0.470. The van der Waals surface area contributed by atoms with Gasteiger partial charge in [-0.2, -0.15) is 4.98 Å². The molecule has 3 aromatic rings. The van der Waals surface area contributed by atoms with Crippen LogP contribution in [0.4, 0.5) is 0 Å². The van der Waals surface area contributed by atoms with E-state index in [-0.39, 0.29) is 5.91 Å². The van der Waals surface area contributed by atoms with Crippen molar-refractivity contribution in [2.24, 2.45) is 0 Å². The molecule has 2 aromatic carbocycles. The summed E-state index contributed by atoms with van der Waals surface area (Å²) in [5, 5.41) is 4.10. The number of hydrogen-bond donors (Lipinski definition) is 0. The molecule has 4 rings (SSSR count). The van der Waals surface area contributed by atoms with E-state index in [9.17, 15) is 4.79 Å².